The van der Waals surface area contributed by atoms with E-state index in [0.717, 1.165) is 34.8 Å². The number of methoxy groups -OCH3 is 1. The van der Waals surface area contributed by atoms with Gasteiger partial charge in [0.2, 0.25) is 0 Å². The van der Waals surface area contributed by atoms with Gasteiger partial charge in [0.25, 0.3) is 0 Å². The van der Waals surface area contributed by atoms with Crippen molar-refractivity contribution < 1.29 is 17.9 Å². The second-order valence-electron chi connectivity index (χ2n) is 7.45. The minimum atomic E-state index is -4.34. The third-order valence-electron chi connectivity index (χ3n) is 5.27. The molecule has 0 amide bonds. The molecule has 0 atom stereocenters. The van der Waals surface area contributed by atoms with Crippen LogP contribution in [0.4, 0.5) is 13.2 Å². The topological polar surface area (TPSA) is 26.2 Å². The van der Waals surface area contributed by atoms with Gasteiger partial charge >= 0.3 is 6.18 Å². The standard InChI is InChI=1S/C25H23F3N2O.ClH/c1-31-22-10-11-24-23(13-22)20(17-30(24)16-18-6-3-2-4-7-18)15-29-14-19-8-5-9-21(12-19)25(26,27)28;/h2-13,17,29H,14-16H2,1H3;1H. The summed E-state index contributed by atoms with van der Waals surface area (Å²) in [5.74, 6) is 0.768. The average Bonchev–Trinajstić information content (AvgIpc) is 3.10. The Morgan fingerprint density at radius 1 is 0.875 bits per heavy atom. The summed E-state index contributed by atoms with van der Waals surface area (Å²) in [5.41, 5.74) is 3.31. The highest BCUT2D eigenvalue weighted by Gasteiger charge is 2.30. The summed E-state index contributed by atoms with van der Waals surface area (Å²) in [6.07, 6.45) is -2.24. The van der Waals surface area contributed by atoms with E-state index < -0.39 is 11.7 Å². The number of ether oxygens (including phenoxy) is 1. The maximum absolute atomic E-state index is 12.9. The van der Waals surface area contributed by atoms with Crippen LogP contribution in [0.15, 0.2) is 79.0 Å². The van der Waals surface area contributed by atoms with E-state index in [2.05, 4.69) is 28.2 Å². The van der Waals surface area contributed by atoms with Crippen LogP contribution < -0.4 is 10.1 Å². The number of halogens is 4. The van der Waals surface area contributed by atoms with Gasteiger partial charge in [0, 0.05) is 36.7 Å². The second kappa shape index (κ2) is 10.1. The van der Waals surface area contributed by atoms with E-state index in [1.807, 2.05) is 36.4 Å². The molecular formula is C25H24ClF3N2O. The van der Waals surface area contributed by atoms with Crippen molar-refractivity contribution in [2.75, 3.05) is 7.11 Å². The summed E-state index contributed by atoms with van der Waals surface area (Å²) in [5, 5.41) is 4.34. The zero-order chi connectivity index (χ0) is 21.8. The van der Waals surface area contributed by atoms with Gasteiger partial charge in [-0.05, 0) is 41.0 Å². The van der Waals surface area contributed by atoms with Gasteiger partial charge in [-0.25, -0.2) is 0 Å². The molecule has 32 heavy (non-hydrogen) atoms. The van der Waals surface area contributed by atoms with E-state index in [4.69, 9.17) is 4.74 Å². The molecule has 1 heterocycles. The molecule has 0 radical (unpaired) electrons. The highest BCUT2D eigenvalue weighted by Crippen LogP contribution is 2.30. The van der Waals surface area contributed by atoms with Crippen molar-refractivity contribution in [3.63, 3.8) is 0 Å². The summed E-state index contributed by atoms with van der Waals surface area (Å²) in [6, 6.07) is 21.6. The fraction of sp³-hybridized carbons (Fsp3) is 0.200. The van der Waals surface area contributed by atoms with E-state index >= 15 is 0 Å². The van der Waals surface area contributed by atoms with Crippen LogP contribution in [0.2, 0.25) is 0 Å². The van der Waals surface area contributed by atoms with Crippen LogP contribution in [0, 0.1) is 0 Å². The molecule has 4 rings (SSSR count). The molecular weight excluding hydrogens is 437 g/mol. The second-order valence-corrected chi connectivity index (χ2v) is 7.45. The quantitative estimate of drug-likeness (QED) is 0.344. The Kier molecular flexibility index (Phi) is 7.48. The fourth-order valence-electron chi connectivity index (χ4n) is 3.73. The Balaban J connectivity index is 0.00000289. The molecule has 0 aliphatic heterocycles. The Labute approximate surface area is 191 Å². The number of benzene rings is 3. The molecule has 3 aromatic carbocycles. The zero-order valence-corrected chi connectivity index (χ0v) is 18.3. The lowest BCUT2D eigenvalue weighted by atomic mass is 10.1. The lowest BCUT2D eigenvalue weighted by Crippen LogP contribution is -2.13. The van der Waals surface area contributed by atoms with E-state index in [0.29, 0.717) is 18.7 Å². The van der Waals surface area contributed by atoms with Crippen LogP contribution in [0.1, 0.15) is 22.3 Å². The van der Waals surface area contributed by atoms with Gasteiger partial charge < -0.3 is 14.6 Å². The number of nitrogens with zero attached hydrogens (tertiary/aromatic N) is 1. The number of hydrogen-bond donors (Lipinski definition) is 1. The number of rotatable bonds is 7. The maximum Gasteiger partial charge on any atom is 0.416 e. The SMILES string of the molecule is COc1ccc2c(c1)c(CNCc1cccc(C(F)(F)F)c1)cn2Cc1ccccc1.Cl. The van der Waals surface area contributed by atoms with Gasteiger partial charge in [0.1, 0.15) is 5.75 Å². The van der Waals surface area contributed by atoms with Crippen LogP contribution in [-0.4, -0.2) is 11.7 Å². The normalized spacial score (nSPS) is 11.4. The minimum Gasteiger partial charge on any atom is -0.497 e. The predicted octanol–water partition coefficient (Wildman–Crippen LogP) is 6.43. The Morgan fingerprint density at radius 3 is 2.34 bits per heavy atom. The van der Waals surface area contributed by atoms with Crippen LogP contribution in [0.3, 0.4) is 0 Å². The molecule has 4 aromatic rings. The number of hydrogen-bond acceptors (Lipinski definition) is 2. The van der Waals surface area contributed by atoms with Crippen molar-refractivity contribution in [2.24, 2.45) is 0 Å². The van der Waals surface area contributed by atoms with Crippen LogP contribution in [0.25, 0.3) is 10.9 Å². The molecule has 0 unspecified atom stereocenters. The lowest BCUT2D eigenvalue weighted by molar-refractivity contribution is -0.137. The fourth-order valence-corrected chi connectivity index (χ4v) is 3.73. The monoisotopic (exact) mass is 460 g/mol. The first-order valence-electron chi connectivity index (χ1n) is 10.0. The molecule has 0 fully saturated rings. The Morgan fingerprint density at radius 2 is 1.62 bits per heavy atom. The summed E-state index contributed by atoms with van der Waals surface area (Å²) in [4.78, 5) is 0. The number of fused-ring (bicyclic) bond motifs is 1. The van der Waals surface area contributed by atoms with Crippen molar-refractivity contribution in [1.29, 1.82) is 0 Å². The number of aromatic nitrogens is 1. The van der Waals surface area contributed by atoms with E-state index in [9.17, 15) is 13.2 Å². The molecule has 3 nitrogen and oxygen atoms in total. The molecule has 0 bridgehead atoms. The first kappa shape index (κ1) is 23.7. The third kappa shape index (κ3) is 5.44. The predicted molar refractivity (Wildman–Crippen MR) is 123 cm³/mol. The summed E-state index contributed by atoms with van der Waals surface area (Å²) < 4.78 is 46.4. The first-order chi connectivity index (χ1) is 14.9. The van der Waals surface area contributed by atoms with Gasteiger partial charge in [-0.2, -0.15) is 13.2 Å². The summed E-state index contributed by atoms with van der Waals surface area (Å²) >= 11 is 0. The minimum absolute atomic E-state index is 0. The van der Waals surface area contributed by atoms with Crippen molar-refractivity contribution in [2.45, 2.75) is 25.8 Å². The molecule has 0 spiro atoms. The van der Waals surface area contributed by atoms with E-state index in [1.165, 1.54) is 17.7 Å². The Bertz CT molecular complexity index is 1170. The van der Waals surface area contributed by atoms with Gasteiger partial charge in [-0.15, -0.1) is 12.4 Å². The molecule has 1 N–H and O–H groups in total. The summed E-state index contributed by atoms with van der Waals surface area (Å²) in [7, 11) is 1.63. The smallest absolute Gasteiger partial charge is 0.416 e. The molecule has 0 aliphatic carbocycles. The largest absolute Gasteiger partial charge is 0.497 e. The lowest BCUT2D eigenvalue weighted by Gasteiger charge is -2.09. The highest BCUT2D eigenvalue weighted by atomic mass is 35.5. The maximum atomic E-state index is 12.9. The Hall–Kier alpha value is -2.96. The molecule has 0 saturated carbocycles. The van der Waals surface area contributed by atoms with Crippen LogP contribution in [-0.2, 0) is 25.8 Å². The van der Waals surface area contributed by atoms with E-state index in [1.54, 1.807) is 13.2 Å². The third-order valence-corrected chi connectivity index (χ3v) is 5.27. The van der Waals surface area contributed by atoms with E-state index in [-0.39, 0.29) is 12.4 Å². The van der Waals surface area contributed by atoms with Gasteiger partial charge in [0.05, 0.1) is 12.7 Å². The summed E-state index contributed by atoms with van der Waals surface area (Å²) in [6.45, 7) is 1.61. The number of alkyl halides is 3. The number of nitrogens with one attached hydrogen (secondary N) is 1. The average molecular weight is 461 g/mol. The van der Waals surface area contributed by atoms with Gasteiger partial charge in [-0.3, -0.25) is 0 Å². The molecule has 1 aromatic heterocycles. The highest BCUT2D eigenvalue weighted by molar-refractivity contribution is 5.86. The van der Waals surface area contributed by atoms with Crippen LogP contribution >= 0.6 is 12.4 Å². The first-order valence-corrected chi connectivity index (χ1v) is 10.0. The molecule has 168 valence electrons. The molecule has 0 saturated heterocycles. The zero-order valence-electron chi connectivity index (χ0n) is 17.5. The molecule has 7 heteroatoms. The van der Waals surface area contributed by atoms with Gasteiger partial charge in [0.15, 0.2) is 0 Å². The molecule has 0 aliphatic rings. The van der Waals surface area contributed by atoms with Crippen molar-refractivity contribution >= 4 is 23.3 Å². The van der Waals surface area contributed by atoms with Crippen LogP contribution in [0.5, 0.6) is 5.75 Å². The van der Waals surface area contributed by atoms with Crippen molar-refractivity contribution in [3.8, 4) is 5.75 Å². The van der Waals surface area contributed by atoms with Gasteiger partial charge in [-0.1, -0.05) is 48.5 Å². The van der Waals surface area contributed by atoms with Crippen molar-refractivity contribution in [1.82, 2.24) is 9.88 Å². The van der Waals surface area contributed by atoms with Crippen molar-refractivity contribution in [3.05, 3.63) is 101 Å².